The van der Waals surface area contributed by atoms with Crippen LogP contribution in [-0.4, -0.2) is 22.8 Å². The SMILES string of the molecule is CC(C)C(NC(=O)c1cccs1)C(=O)Nc1ccc(-c2nccs2)cc1. The Bertz CT molecular complexity index is 857. The van der Waals surface area contributed by atoms with Crippen LogP contribution in [0.5, 0.6) is 0 Å². The van der Waals surface area contributed by atoms with E-state index in [-0.39, 0.29) is 17.7 Å². The molecule has 2 N–H and O–H groups in total. The molecule has 0 fully saturated rings. The number of thiophene rings is 1. The van der Waals surface area contributed by atoms with Gasteiger partial charge in [0.15, 0.2) is 0 Å². The summed E-state index contributed by atoms with van der Waals surface area (Å²) in [4.78, 5) is 29.8. The van der Waals surface area contributed by atoms with Crippen LogP contribution in [0.3, 0.4) is 0 Å². The zero-order valence-corrected chi connectivity index (χ0v) is 16.1. The Kier molecular flexibility index (Phi) is 5.80. The molecule has 0 spiro atoms. The fourth-order valence-electron chi connectivity index (χ4n) is 2.44. The van der Waals surface area contributed by atoms with Crippen LogP contribution >= 0.6 is 22.7 Å². The highest BCUT2D eigenvalue weighted by Gasteiger charge is 2.25. The van der Waals surface area contributed by atoms with Gasteiger partial charge in [-0.3, -0.25) is 9.59 Å². The van der Waals surface area contributed by atoms with Crippen LogP contribution in [0.15, 0.2) is 53.4 Å². The Morgan fingerprint density at radius 2 is 1.81 bits per heavy atom. The Hall–Kier alpha value is -2.51. The number of benzene rings is 1. The largest absolute Gasteiger partial charge is 0.339 e. The van der Waals surface area contributed by atoms with Gasteiger partial charge in [0.2, 0.25) is 5.91 Å². The van der Waals surface area contributed by atoms with Crippen molar-refractivity contribution >= 4 is 40.2 Å². The number of nitrogens with zero attached hydrogens (tertiary/aromatic N) is 1. The number of aromatic nitrogens is 1. The van der Waals surface area contributed by atoms with Gasteiger partial charge >= 0.3 is 0 Å². The van der Waals surface area contributed by atoms with Gasteiger partial charge in [0.25, 0.3) is 5.91 Å². The first kappa shape index (κ1) is 18.3. The Morgan fingerprint density at radius 1 is 1.04 bits per heavy atom. The zero-order valence-electron chi connectivity index (χ0n) is 14.4. The molecule has 0 radical (unpaired) electrons. The van der Waals surface area contributed by atoms with Crippen LogP contribution in [0.1, 0.15) is 23.5 Å². The molecular formula is C19H19N3O2S2. The standard InChI is InChI=1S/C19H19N3O2S2/c1-12(2)16(22-17(23)15-4-3-10-25-15)18(24)21-14-7-5-13(6-8-14)19-20-9-11-26-19/h3-12,16H,1-2H3,(H,21,24)(H,22,23). The number of amides is 2. The van der Waals surface area contributed by atoms with Gasteiger partial charge in [-0.1, -0.05) is 19.9 Å². The van der Waals surface area contributed by atoms with Crippen molar-refractivity contribution in [2.24, 2.45) is 5.92 Å². The molecule has 0 aliphatic heterocycles. The van der Waals surface area contributed by atoms with Crippen molar-refractivity contribution in [1.82, 2.24) is 10.3 Å². The second-order valence-corrected chi connectivity index (χ2v) is 7.92. The number of anilines is 1. The summed E-state index contributed by atoms with van der Waals surface area (Å²) >= 11 is 2.92. The van der Waals surface area contributed by atoms with Crippen molar-refractivity contribution in [1.29, 1.82) is 0 Å². The van der Waals surface area contributed by atoms with Gasteiger partial charge in [-0.15, -0.1) is 22.7 Å². The normalized spacial score (nSPS) is 12.0. The van der Waals surface area contributed by atoms with E-state index in [1.54, 1.807) is 23.6 Å². The maximum Gasteiger partial charge on any atom is 0.262 e. The van der Waals surface area contributed by atoms with Gasteiger partial charge in [-0.25, -0.2) is 4.98 Å². The van der Waals surface area contributed by atoms with Crippen molar-refractivity contribution < 1.29 is 9.59 Å². The highest BCUT2D eigenvalue weighted by atomic mass is 32.1. The summed E-state index contributed by atoms with van der Waals surface area (Å²) in [7, 11) is 0. The molecule has 0 saturated heterocycles. The summed E-state index contributed by atoms with van der Waals surface area (Å²) in [5.41, 5.74) is 1.69. The fourth-order valence-corrected chi connectivity index (χ4v) is 3.71. The minimum absolute atomic E-state index is 0.0338. The molecule has 0 saturated carbocycles. The van der Waals surface area contributed by atoms with E-state index < -0.39 is 6.04 Å². The van der Waals surface area contributed by atoms with E-state index >= 15 is 0 Å². The number of hydrogen-bond acceptors (Lipinski definition) is 5. The molecule has 3 rings (SSSR count). The number of hydrogen-bond donors (Lipinski definition) is 2. The Morgan fingerprint density at radius 3 is 2.38 bits per heavy atom. The summed E-state index contributed by atoms with van der Waals surface area (Å²) in [5.74, 6) is -0.492. The van der Waals surface area contributed by atoms with Crippen molar-refractivity contribution in [3.8, 4) is 10.6 Å². The maximum absolute atomic E-state index is 12.6. The van der Waals surface area contributed by atoms with Gasteiger partial charge in [0.05, 0.1) is 4.88 Å². The molecule has 2 aromatic heterocycles. The van der Waals surface area contributed by atoms with Gasteiger partial charge in [0.1, 0.15) is 11.0 Å². The van der Waals surface area contributed by atoms with E-state index in [1.807, 2.05) is 54.9 Å². The number of carbonyl (C=O) groups is 2. The molecule has 26 heavy (non-hydrogen) atoms. The number of rotatable bonds is 6. The van der Waals surface area contributed by atoms with Crippen LogP contribution < -0.4 is 10.6 Å². The molecule has 3 aromatic rings. The number of nitrogens with one attached hydrogen (secondary N) is 2. The second kappa shape index (κ2) is 8.25. The lowest BCUT2D eigenvalue weighted by atomic mass is 10.0. The lowest BCUT2D eigenvalue weighted by Gasteiger charge is -2.21. The van der Waals surface area contributed by atoms with E-state index in [1.165, 1.54) is 11.3 Å². The Balaban J connectivity index is 1.67. The monoisotopic (exact) mass is 385 g/mol. The zero-order chi connectivity index (χ0) is 18.5. The van der Waals surface area contributed by atoms with Crippen molar-refractivity contribution in [2.45, 2.75) is 19.9 Å². The molecule has 1 aromatic carbocycles. The first-order chi connectivity index (χ1) is 12.5. The highest BCUT2D eigenvalue weighted by Crippen LogP contribution is 2.23. The van der Waals surface area contributed by atoms with Gasteiger partial charge < -0.3 is 10.6 Å². The van der Waals surface area contributed by atoms with E-state index in [0.717, 1.165) is 10.6 Å². The quantitative estimate of drug-likeness (QED) is 0.666. The third-order valence-corrected chi connectivity index (χ3v) is 5.50. The van der Waals surface area contributed by atoms with Crippen LogP contribution in [0.25, 0.3) is 10.6 Å². The average Bonchev–Trinajstić information content (AvgIpc) is 3.33. The predicted octanol–water partition coefficient (Wildman–Crippen LogP) is 4.26. The third-order valence-electron chi connectivity index (χ3n) is 3.81. The molecule has 1 atom stereocenters. The summed E-state index contributed by atoms with van der Waals surface area (Å²) in [5, 5.41) is 10.4. The molecule has 0 aliphatic carbocycles. The van der Waals surface area contributed by atoms with Gasteiger partial charge in [-0.05, 0) is 41.6 Å². The second-order valence-electron chi connectivity index (χ2n) is 6.08. The lowest BCUT2D eigenvalue weighted by Crippen LogP contribution is -2.46. The van der Waals surface area contributed by atoms with E-state index in [2.05, 4.69) is 15.6 Å². The minimum Gasteiger partial charge on any atom is -0.339 e. The van der Waals surface area contributed by atoms with E-state index in [0.29, 0.717) is 10.6 Å². The van der Waals surface area contributed by atoms with Crippen LogP contribution in [0, 0.1) is 5.92 Å². The first-order valence-corrected chi connectivity index (χ1v) is 9.95. The van der Waals surface area contributed by atoms with Crippen molar-refractivity contribution in [3.63, 3.8) is 0 Å². The number of thiazole rings is 1. The highest BCUT2D eigenvalue weighted by molar-refractivity contribution is 7.13. The summed E-state index contributed by atoms with van der Waals surface area (Å²) < 4.78 is 0. The summed E-state index contributed by atoms with van der Waals surface area (Å²) in [6.07, 6.45) is 1.76. The molecule has 0 bridgehead atoms. The van der Waals surface area contributed by atoms with Crippen LogP contribution in [0.2, 0.25) is 0 Å². The van der Waals surface area contributed by atoms with Crippen LogP contribution in [-0.2, 0) is 4.79 Å². The average molecular weight is 386 g/mol. The third kappa shape index (κ3) is 4.36. The molecule has 5 nitrogen and oxygen atoms in total. The molecule has 1 unspecified atom stereocenters. The predicted molar refractivity (Wildman–Crippen MR) is 107 cm³/mol. The van der Waals surface area contributed by atoms with Crippen molar-refractivity contribution in [3.05, 3.63) is 58.2 Å². The van der Waals surface area contributed by atoms with Gasteiger partial charge in [0, 0.05) is 22.8 Å². The topological polar surface area (TPSA) is 71.1 Å². The van der Waals surface area contributed by atoms with Crippen LogP contribution in [0.4, 0.5) is 5.69 Å². The van der Waals surface area contributed by atoms with E-state index in [9.17, 15) is 9.59 Å². The van der Waals surface area contributed by atoms with E-state index in [4.69, 9.17) is 0 Å². The maximum atomic E-state index is 12.6. The molecule has 0 aliphatic rings. The lowest BCUT2D eigenvalue weighted by molar-refractivity contribution is -0.118. The van der Waals surface area contributed by atoms with Gasteiger partial charge in [-0.2, -0.15) is 0 Å². The molecule has 7 heteroatoms. The molecule has 2 heterocycles. The summed E-state index contributed by atoms with van der Waals surface area (Å²) in [6, 6.07) is 10.5. The molecular weight excluding hydrogens is 366 g/mol. The number of carbonyl (C=O) groups excluding carboxylic acids is 2. The Labute approximate surface area is 160 Å². The first-order valence-electron chi connectivity index (χ1n) is 8.20. The molecule has 134 valence electrons. The summed E-state index contributed by atoms with van der Waals surface area (Å²) in [6.45, 7) is 3.81. The van der Waals surface area contributed by atoms with Crippen molar-refractivity contribution in [2.75, 3.05) is 5.32 Å². The minimum atomic E-state index is -0.608. The smallest absolute Gasteiger partial charge is 0.262 e. The fraction of sp³-hybridized carbons (Fsp3) is 0.211. The molecule has 2 amide bonds.